The van der Waals surface area contributed by atoms with Gasteiger partial charge in [0.05, 0.1) is 22.8 Å². The Hall–Kier alpha value is -2.36. The van der Waals surface area contributed by atoms with Gasteiger partial charge < -0.3 is 0 Å². The van der Waals surface area contributed by atoms with Crippen molar-refractivity contribution in [3.8, 4) is 11.4 Å². The van der Waals surface area contributed by atoms with Gasteiger partial charge in [-0.3, -0.25) is 20.0 Å². The molecule has 4 heteroatoms. The molecule has 0 radical (unpaired) electrons. The number of nitrogens with zero attached hydrogens (tertiary/aromatic N) is 4. The Morgan fingerprint density at radius 1 is 0.618 bits per heavy atom. The third kappa shape index (κ3) is 6.84. The van der Waals surface area contributed by atoms with E-state index in [-0.39, 0.29) is 10.8 Å². The molecule has 1 aliphatic rings. The molecule has 2 aromatic heterocycles. The van der Waals surface area contributed by atoms with Crippen LogP contribution in [0.5, 0.6) is 0 Å². The second-order valence-corrected chi connectivity index (χ2v) is 12.1. The first-order valence-corrected chi connectivity index (χ1v) is 13.1. The molecular weight excluding hydrogens is 416 g/mol. The van der Waals surface area contributed by atoms with Crippen molar-refractivity contribution in [3.05, 3.63) is 46.8 Å². The minimum absolute atomic E-state index is 0.0966. The van der Waals surface area contributed by atoms with E-state index in [9.17, 15) is 0 Å². The van der Waals surface area contributed by atoms with Crippen molar-refractivity contribution in [2.24, 2.45) is 20.8 Å². The topological polar surface area (TPSA) is 50.5 Å². The van der Waals surface area contributed by atoms with Crippen LogP contribution in [0.3, 0.4) is 0 Å². The van der Waals surface area contributed by atoms with E-state index in [1.54, 1.807) is 0 Å². The Kier molecular flexibility index (Phi) is 8.43. The van der Waals surface area contributed by atoms with E-state index in [0.29, 0.717) is 0 Å². The molecule has 0 saturated heterocycles. The molecular formula is C30H44N4. The average molecular weight is 461 g/mol. The highest BCUT2D eigenvalue weighted by Gasteiger charge is 2.30. The summed E-state index contributed by atoms with van der Waals surface area (Å²) in [4.78, 5) is 20.6. The monoisotopic (exact) mass is 460 g/mol. The molecule has 184 valence electrons. The van der Waals surface area contributed by atoms with Crippen molar-refractivity contribution in [2.45, 2.75) is 93.9 Å². The van der Waals surface area contributed by atoms with Gasteiger partial charge in [0.15, 0.2) is 0 Å². The van der Waals surface area contributed by atoms with Crippen molar-refractivity contribution in [2.75, 3.05) is 13.1 Å². The molecule has 3 rings (SSSR count). The molecule has 2 heterocycles. The van der Waals surface area contributed by atoms with Crippen LogP contribution in [0.2, 0.25) is 0 Å². The zero-order chi connectivity index (χ0) is 24.9. The molecule has 34 heavy (non-hydrogen) atoms. The number of hydrogen-bond acceptors (Lipinski definition) is 4. The molecule has 0 aliphatic heterocycles. The number of unbranched alkanes of at least 4 members (excludes halogenated alkanes) is 2. The van der Waals surface area contributed by atoms with Crippen LogP contribution in [0.15, 0.2) is 34.3 Å². The fourth-order valence-electron chi connectivity index (χ4n) is 3.94. The number of aliphatic imine (C=N–C) groups is 2. The Balaban J connectivity index is 2.23. The summed E-state index contributed by atoms with van der Waals surface area (Å²) in [6, 6.07) is 8.78. The minimum atomic E-state index is 0.0966. The maximum atomic E-state index is 5.16. The summed E-state index contributed by atoms with van der Waals surface area (Å²) in [5.74, 6) is 0. The number of pyridine rings is 2. The number of aromatic nitrogens is 2. The quantitative estimate of drug-likeness (QED) is 0.409. The zero-order valence-electron chi connectivity index (χ0n) is 22.8. The van der Waals surface area contributed by atoms with Gasteiger partial charge in [0, 0.05) is 35.6 Å². The molecule has 0 fully saturated rings. The highest BCUT2D eigenvalue weighted by Crippen LogP contribution is 2.33. The van der Waals surface area contributed by atoms with Gasteiger partial charge in [-0.2, -0.15) is 0 Å². The van der Waals surface area contributed by atoms with Crippen molar-refractivity contribution in [1.29, 1.82) is 0 Å². The van der Waals surface area contributed by atoms with Crippen molar-refractivity contribution < 1.29 is 0 Å². The number of hydrogen-bond donors (Lipinski definition) is 0. The second kappa shape index (κ2) is 10.9. The van der Waals surface area contributed by atoms with Gasteiger partial charge in [0.2, 0.25) is 0 Å². The maximum Gasteiger partial charge on any atom is 0.0991 e. The van der Waals surface area contributed by atoms with Gasteiger partial charge in [-0.05, 0) is 60.8 Å². The van der Waals surface area contributed by atoms with Crippen LogP contribution in [0, 0.1) is 10.8 Å². The Bertz CT molecular complexity index is 963. The van der Waals surface area contributed by atoms with Gasteiger partial charge in [0.1, 0.15) is 0 Å². The van der Waals surface area contributed by atoms with E-state index in [2.05, 4.69) is 79.7 Å². The van der Waals surface area contributed by atoms with E-state index in [1.165, 1.54) is 0 Å². The molecule has 0 amide bonds. The van der Waals surface area contributed by atoms with Crippen LogP contribution in [0.25, 0.3) is 11.4 Å². The standard InChI is InChI=1S/C30H44N4/c1-9-11-13-21-15-17-23-25(31-19-29(3,4)5)26(32-20-30(6,7)8)24-18-16-22(14-12-10-2)34-28(24)27(23)33-21/h15-18H,9-14,19-20H2,1-8H3. The van der Waals surface area contributed by atoms with Crippen LogP contribution in [-0.4, -0.2) is 34.5 Å². The predicted molar refractivity (Wildman–Crippen MR) is 146 cm³/mol. The summed E-state index contributed by atoms with van der Waals surface area (Å²) in [6.45, 7) is 19.3. The SMILES string of the molecule is CCCCc1ccc2c(n1)-c1nc(CCCC)ccc1C(=NCC(C)(C)C)C2=NCC(C)(C)C. The fourth-order valence-corrected chi connectivity index (χ4v) is 3.94. The largest absolute Gasteiger partial charge is 0.282 e. The summed E-state index contributed by atoms with van der Waals surface area (Å²) >= 11 is 0. The highest BCUT2D eigenvalue weighted by molar-refractivity contribution is 6.56. The van der Waals surface area contributed by atoms with Crippen molar-refractivity contribution in [3.63, 3.8) is 0 Å². The van der Waals surface area contributed by atoms with Gasteiger partial charge in [-0.15, -0.1) is 0 Å². The van der Waals surface area contributed by atoms with Crippen molar-refractivity contribution >= 4 is 11.4 Å². The number of fused-ring (bicyclic) bond motifs is 3. The van der Waals surface area contributed by atoms with E-state index in [4.69, 9.17) is 20.0 Å². The van der Waals surface area contributed by atoms with Crippen molar-refractivity contribution in [1.82, 2.24) is 9.97 Å². The maximum absolute atomic E-state index is 5.16. The van der Waals surface area contributed by atoms with Gasteiger partial charge >= 0.3 is 0 Å². The molecule has 0 unspecified atom stereocenters. The first-order valence-electron chi connectivity index (χ1n) is 13.1. The van der Waals surface area contributed by atoms with E-state index in [0.717, 1.165) is 96.9 Å². The highest BCUT2D eigenvalue weighted by atomic mass is 14.9. The Morgan fingerprint density at radius 2 is 1.00 bits per heavy atom. The van der Waals surface area contributed by atoms with Crippen LogP contribution in [0.4, 0.5) is 0 Å². The normalized spacial score (nSPS) is 16.1. The molecule has 2 aromatic rings. The lowest BCUT2D eigenvalue weighted by atomic mass is 9.87. The molecule has 0 bridgehead atoms. The molecule has 0 spiro atoms. The molecule has 0 saturated carbocycles. The third-order valence-corrected chi connectivity index (χ3v) is 5.86. The molecule has 4 nitrogen and oxygen atoms in total. The van der Waals surface area contributed by atoms with Gasteiger partial charge in [0.25, 0.3) is 0 Å². The lowest BCUT2D eigenvalue weighted by Crippen LogP contribution is -2.28. The molecule has 1 aliphatic carbocycles. The number of rotatable bonds is 8. The third-order valence-electron chi connectivity index (χ3n) is 5.86. The summed E-state index contributed by atoms with van der Waals surface area (Å²) in [6.07, 6.45) is 6.60. The van der Waals surface area contributed by atoms with E-state index < -0.39 is 0 Å². The number of aryl methyl sites for hydroxylation is 2. The molecule has 0 atom stereocenters. The first-order chi connectivity index (χ1) is 16.0. The van der Waals surface area contributed by atoms with E-state index in [1.807, 2.05) is 0 Å². The first kappa shape index (κ1) is 26.2. The summed E-state index contributed by atoms with van der Waals surface area (Å²) in [5, 5.41) is 0. The van der Waals surface area contributed by atoms with Crippen LogP contribution >= 0.6 is 0 Å². The predicted octanol–water partition coefficient (Wildman–Crippen LogP) is 7.51. The second-order valence-electron chi connectivity index (χ2n) is 12.1. The van der Waals surface area contributed by atoms with Gasteiger partial charge in [-0.25, -0.2) is 0 Å². The van der Waals surface area contributed by atoms with Crippen LogP contribution in [-0.2, 0) is 12.8 Å². The van der Waals surface area contributed by atoms with Crippen LogP contribution in [0.1, 0.15) is 104 Å². The molecule has 0 aromatic carbocycles. The zero-order valence-corrected chi connectivity index (χ0v) is 22.8. The Morgan fingerprint density at radius 3 is 1.32 bits per heavy atom. The smallest absolute Gasteiger partial charge is 0.0991 e. The summed E-state index contributed by atoms with van der Waals surface area (Å²) in [5.41, 5.74) is 8.51. The fraction of sp³-hybridized carbons (Fsp3) is 0.600. The minimum Gasteiger partial charge on any atom is -0.282 e. The molecule has 0 N–H and O–H groups in total. The summed E-state index contributed by atoms with van der Waals surface area (Å²) < 4.78 is 0. The summed E-state index contributed by atoms with van der Waals surface area (Å²) in [7, 11) is 0. The average Bonchev–Trinajstić information content (AvgIpc) is 2.77. The lowest BCUT2D eigenvalue weighted by molar-refractivity contribution is 0.428. The Labute approximate surface area is 207 Å². The van der Waals surface area contributed by atoms with Gasteiger partial charge in [-0.1, -0.05) is 68.2 Å². The lowest BCUT2D eigenvalue weighted by Gasteiger charge is -2.26. The van der Waals surface area contributed by atoms with E-state index >= 15 is 0 Å². The van der Waals surface area contributed by atoms with Crippen LogP contribution < -0.4 is 0 Å².